The van der Waals surface area contributed by atoms with E-state index >= 15 is 0 Å². The van der Waals surface area contributed by atoms with E-state index in [0.29, 0.717) is 17.8 Å². The molecule has 0 saturated heterocycles. The molecule has 3 aromatic carbocycles. The van der Waals surface area contributed by atoms with Crippen molar-refractivity contribution in [1.82, 2.24) is 0 Å². The Labute approximate surface area is 239 Å². The van der Waals surface area contributed by atoms with Crippen molar-refractivity contribution >= 4 is 28.8 Å². The number of aliphatic hydroxyl groups excluding tert-OH is 2. The molecule has 0 radical (unpaired) electrons. The number of rotatable bonds is 12. The van der Waals surface area contributed by atoms with Crippen LogP contribution in [0.5, 0.6) is 0 Å². The van der Waals surface area contributed by atoms with Gasteiger partial charge in [0, 0.05) is 30.0 Å². The van der Waals surface area contributed by atoms with Gasteiger partial charge in [-0.1, -0.05) is 62.4 Å². The van der Waals surface area contributed by atoms with Gasteiger partial charge >= 0.3 is 5.97 Å². The van der Waals surface area contributed by atoms with Crippen molar-refractivity contribution in [3.8, 4) is 0 Å². The molecule has 0 fully saturated rings. The lowest BCUT2D eigenvalue weighted by molar-refractivity contribution is -0.560. The standard InChI is InChI=1S/C33H35FN2O5/c1-21(2)31-30(33(41)35-25-11-7-4-8-12-25)29(22-9-5-3-6-10-22)32(23-13-15-24(34)16-14-23)36(31)18-17-26(37)19-27(38)20-28(39)40/h3-16,21,26-27,31,37-38H,17-20H2,1-2H3,(H-,35,39,40,41)/p+1/t26-,27-,31?/m1/s1. The van der Waals surface area contributed by atoms with Crippen molar-refractivity contribution in [2.24, 2.45) is 5.92 Å². The third-order valence-electron chi connectivity index (χ3n) is 7.17. The molecule has 0 bridgehead atoms. The predicted molar refractivity (Wildman–Crippen MR) is 156 cm³/mol. The Balaban J connectivity index is 1.83. The molecule has 7 nitrogen and oxygen atoms in total. The smallest absolute Gasteiger partial charge is 0.305 e. The second-order valence-corrected chi connectivity index (χ2v) is 10.6. The van der Waals surface area contributed by atoms with Crippen LogP contribution in [0.2, 0.25) is 0 Å². The Morgan fingerprint density at radius 1 is 0.878 bits per heavy atom. The largest absolute Gasteiger partial charge is 0.481 e. The molecule has 214 valence electrons. The number of carbonyl (C=O) groups is 2. The molecule has 41 heavy (non-hydrogen) atoms. The van der Waals surface area contributed by atoms with E-state index in [9.17, 15) is 24.2 Å². The summed E-state index contributed by atoms with van der Waals surface area (Å²) in [4.78, 5) is 25.0. The van der Waals surface area contributed by atoms with Gasteiger partial charge in [-0.3, -0.25) is 9.59 Å². The van der Waals surface area contributed by atoms with Crippen LogP contribution in [-0.4, -0.2) is 62.3 Å². The van der Waals surface area contributed by atoms with Gasteiger partial charge in [0.25, 0.3) is 5.91 Å². The lowest BCUT2D eigenvalue weighted by Crippen LogP contribution is -2.37. The van der Waals surface area contributed by atoms with Crippen molar-refractivity contribution in [3.63, 3.8) is 0 Å². The number of allylic oxidation sites excluding steroid dienone is 1. The summed E-state index contributed by atoms with van der Waals surface area (Å²) in [6, 6.07) is 24.5. The Hall–Kier alpha value is -4.14. The maximum Gasteiger partial charge on any atom is 0.305 e. The minimum atomic E-state index is -1.17. The number of aliphatic carboxylic acids is 1. The molecule has 4 N–H and O–H groups in total. The number of para-hydroxylation sites is 1. The first-order valence-corrected chi connectivity index (χ1v) is 13.8. The Morgan fingerprint density at radius 3 is 2.07 bits per heavy atom. The zero-order valence-corrected chi connectivity index (χ0v) is 23.2. The highest BCUT2D eigenvalue weighted by Gasteiger charge is 2.46. The fourth-order valence-electron chi connectivity index (χ4n) is 5.45. The van der Waals surface area contributed by atoms with Crippen LogP contribution in [-0.2, 0) is 9.59 Å². The molecule has 0 spiro atoms. The number of carboxylic acids is 1. The van der Waals surface area contributed by atoms with Crippen LogP contribution in [0, 0.1) is 11.7 Å². The van der Waals surface area contributed by atoms with Gasteiger partial charge in [-0.15, -0.1) is 0 Å². The van der Waals surface area contributed by atoms with Gasteiger partial charge in [-0.25, -0.2) is 8.97 Å². The molecule has 3 atom stereocenters. The Kier molecular flexibility index (Phi) is 9.81. The second kappa shape index (κ2) is 13.5. The number of hydrogen-bond acceptors (Lipinski definition) is 4. The van der Waals surface area contributed by atoms with Gasteiger partial charge in [0.05, 0.1) is 29.8 Å². The van der Waals surface area contributed by atoms with E-state index in [-0.39, 0.29) is 36.5 Å². The van der Waals surface area contributed by atoms with Crippen molar-refractivity contribution in [2.75, 3.05) is 11.9 Å². The summed E-state index contributed by atoms with van der Waals surface area (Å²) in [5, 5.41) is 32.8. The van der Waals surface area contributed by atoms with Gasteiger partial charge in [0.1, 0.15) is 12.4 Å². The number of carbonyl (C=O) groups excluding carboxylic acids is 1. The van der Waals surface area contributed by atoms with Gasteiger partial charge in [0.15, 0.2) is 6.04 Å². The Bertz CT molecular complexity index is 1420. The minimum absolute atomic E-state index is 0.0297. The van der Waals surface area contributed by atoms with E-state index in [4.69, 9.17) is 5.11 Å². The lowest BCUT2D eigenvalue weighted by atomic mass is 9.88. The van der Waals surface area contributed by atoms with Crippen molar-refractivity contribution in [1.29, 1.82) is 0 Å². The zero-order valence-electron chi connectivity index (χ0n) is 23.2. The van der Waals surface area contributed by atoms with E-state index in [1.807, 2.05) is 74.5 Å². The summed E-state index contributed by atoms with van der Waals surface area (Å²) in [6.07, 6.45) is -2.45. The number of benzene rings is 3. The van der Waals surface area contributed by atoms with Crippen molar-refractivity contribution < 1.29 is 33.9 Å². The van der Waals surface area contributed by atoms with E-state index in [2.05, 4.69) is 9.89 Å². The highest BCUT2D eigenvalue weighted by atomic mass is 19.1. The molecule has 0 saturated carbocycles. The maximum atomic E-state index is 14.1. The van der Waals surface area contributed by atoms with Crippen LogP contribution in [0.1, 0.15) is 44.2 Å². The van der Waals surface area contributed by atoms with E-state index in [1.54, 1.807) is 12.1 Å². The number of aliphatic hydroxyl groups is 2. The molecular weight excluding hydrogens is 523 g/mol. The number of hydrogen-bond donors (Lipinski definition) is 4. The topological polar surface area (TPSA) is 110 Å². The molecule has 1 unspecified atom stereocenters. The van der Waals surface area contributed by atoms with E-state index in [1.165, 1.54) is 12.1 Å². The molecule has 4 rings (SSSR count). The van der Waals surface area contributed by atoms with Crippen molar-refractivity contribution in [3.05, 3.63) is 107 Å². The molecule has 0 aliphatic carbocycles. The highest BCUT2D eigenvalue weighted by molar-refractivity contribution is 6.35. The number of nitrogens with one attached hydrogen (secondary N) is 1. The van der Waals surface area contributed by atoms with E-state index in [0.717, 1.165) is 22.4 Å². The van der Waals surface area contributed by atoms with Crippen LogP contribution >= 0.6 is 0 Å². The molecule has 8 heteroatoms. The molecule has 1 aliphatic heterocycles. The average Bonchev–Trinajstić information content (AvgIpc) is 3.28. The van der Waals surface area contributed by atoms with E-state index < -0.39 is 24.6 Å². The minimum Gasteiger partial charge on any atom is -0.481 e. The Morgan fingerprint density at radius 2 is 1.49 bits per heavy atom. The van der Waals surface area contributed by atoms with Gasteiger partial charge in [-0.05, 0) is 42.0 Å². The highest BCUT2D eigenvalue weighted by Crippen LogP contribution is 2.37. The van der Waals surface area contributed by atoms with Gasteiger partial charge < -0.3 is 20.6 Å². The summed E-state index contributed by atoms with van der Waals surface area (Å²) >= 11 is 0. The van der Waals surface area contributed by atoms with Gasteiger partial charge in [0.2, 0.25) is 5.71 Å². The first-order chi connectivity index (χ1) is 19.7. The zero-order chi connectivity index (χ0) is 29.5. The number of amides is 1. The van der Waals surface area contributed by atoms with Crippen LogP contribution in [0.25, 0.3) is 5.57 Å². The monoisotopic (exact) mass is 559 g/mol. The molecule has 3 aromatic rings. The maximum absolute atomic E-state index is 14.1. The fourth-order valence-corrected chi connectivity index (χ4v) is 5.45. The summed E-state index contributed by atoms with van der Waals surface area (Å²) in [5.41, 5.74) is 4.24. The normalized spacial score (nSPS) is 16.7. The summed E-state index contributed by atoms with van der Waals surface area (Å²) in [7, 11) is 0. The molecule has 1 heterocycles. The molecule has 0 aromatic heterocycles. The fraction of sp³-hybridized carbons (Fsp3) is 0.303. The first kappa shape index (κ1) is 29.8. The lowest BCUT2D eigenvalue weighted by Gasteiger charge is -2.20. The second-order valence-electron chi connectivity index (χ2n) is 10.6. The van der Waals surface area contributed by atoms with Gasteiger partial charge in [-0.2, -0.15) is 0 Å². The summed E-state index contributed by atoms with van der Waals surface area (Å²) < 4.78 is 16.1. The number of nitrogens with zero attached hydrogens (tertiary/aromatic N) is 1. The quantitative estimate of drug-likeness (QED) is 0.240. The summed E-state index contributed by atoms with van der Waals surface area (Å²) in [6.45, 7) is 4.36. The molecular formula is C33H36FN2O5+. The van der Waals surface area contributed by atoms with Crippen molar-refractivity contribution in [2.45, 2.75) is 51.4 Å². The molecule has 1 amide bonds. The summed E-state index contributed by atoms with van der Waals surface area (Å²) in [5.74, 6) is -1.80. The average molecular weight is 560 g/mol. The third kappa shape index (κ3) is 7.34. The SMILES string of the molecule is CC(C)C1C(C(=O)Nc2ccccc2)=C(c2ccccc2)C(c2ccc(F)cc2)=[N+]1CC[C@@H](O)C[C@@H](O)CC(=O)O. The van der Waals surface area contributed by atoms with Crippen LogP contribution in [0.4, 0.5) is 10.1 Å². The van der Waals surface area contributed by atoms with Crippen LogP contribution in [0.15, 0.2) is 90.5 Å². The number of carboxylic acid groups (broad SMARTS) is 1. The predicted octanol–water partition coefficient (Wildman–Crippen LogP) is 4.73. The number of anilines is 1. The van der Waals surface area contributed by atoms with Crippen LogP contribution < -0.4 is 5.32 Å². The van der Waals surface area contributed by atoms with Crippen LogP contribution in [0.3, 0.4) is 0 Å². The number of halogens is 1. The third-order valence-corrected chi connectivity index (χ3v) is 7.17. The molecule has 1 aliphatic rings. The first-order valence-electron chi connectivity index (χ1n) is 13.8.